The molecule has 0 saturated heterocycles. The molecule has 0 radical (unpaired) electrons. The smallest absolute Gasteiger partial charge is 0.310 e. The molecular formula is C19H27O3PS. The van der Waals surface area contributed by atoms with E-state index in [0.29, 0.717) is 18.4 Å². The molecule has 0 aliphatic heterocycles. The summed E-state index contributed by atoms with van der Waals surface area (Å²) in [5.41, 5.74) is 2.51. The molecule has 0 amide bonds. The Hall–Kier alpha value is -0.990. The summed E-state index contributed by atoms with van der Waals surface area (Å²) in [6, 6.07) is 8.10. The number of ether oxygens (including phenoxy) is 1. The molecule has 1 fully saturated rings. The monoisotopic (exact) mass is 366 g/mol. The molecule has 1 aromatic carbocycles. The van der Waals surface area contributed by atoms with E-state index in [9.17, 15) is 4.79 Å². The van der Waals surface area contributed by atoms with Gasteiger partial charge in [0.05, 0.1) is 22.0 Å². The van der Waals surface area contributed by atoms with E-state index in [1.807, 2.05) is 12.1 Å². The number of carbonyl (C=O) groups excluding carboxylic acids is 1. The fraction of sp³-hybridized carbons (Fsp3) is 0.526. The first-order chi connectivity index (χ1) is 11.4. The molecule has 0 aromatic heterocycles. The third-order valence-electron chi connectivity index (χ3n) is 5.03. The highest BCUT2D eigenvalue weighted by Crippen LogP contribution is 2.52. The number of fused-ring (bicyclic) bond motifs is 2. The van der Waals surface area contributed by atoms with E-state index in [4.69, 9.17) is 9.26 Å². The van der Waals surface area contributed by atoms with E-state index in [1.54, 1.807) is 0 Å². The molecule has 3 rings (SSSR count). The van der Waals surface area contributed by atoms with Crippen molar-refractivity contribution in [2.45, 2.75) is 12.8 Å². The third kappa shape index (κ3) is 3.81. The second kappa shape index (κ2) is 7.09. The van der Waals surface area contributed by atoms with E-state index in [0.717, 1.165) is 24.3 Å². The molecule has 0 heterocycles. The van der Waals surface area contributed by atoms with Crippen LogP contribution in [0.25, 0.3) is 5.57 Å². The zero-order valence-corrected chi connectivity index (χ0v) is 16.6. The van der Waals surface area contributed by atoms with Crippen LogP contribution < -0.4 is 4.52 Å². The Bertz CT molecular complexity index is 633. The van der Waals surface area contributed by atoms with Crippen LogP contribution in [0.5, 0.6) is 5.75 Å². The molecule has 3 nitrogen and oxygen atoms in total. The first kappa shape index (κ1) is 17.8. The number of benzene rings is 1. The van der Waals surface area contributed by atoms with Crippen LogP contribution >= 0.6 is 19.5 Å². The van der Waals surface area contributed by atoms with Gasteiger partial charge in [-0.3, -0.25) is 4.79 Å². The van der Waals surface area contributed by atoms with Crippen molar-refractivity contribution in [3.63, 3.8) is 0 Å². The predicted molar refractivity (Wildman–Crippen MR) is 106 cm³/mol. The van der Waals surface area contributed by atoms with E-state index >= 15 is 0 Å². The average molecular weight is 366 g/mol. The van der Waals surface area contributed by atoms with Gasteiger partial charge in [-0.05, 0) is 66.7 Å². The minimum absolute atomic E-state index is 0.00214. The molecule has 24 heavy (non-hydrogen) atoms. The molecule has 132 valence electrons. The van der Waals surface area contributed by atoms with E-state index in [-0.39, 0.29) is 11.9 Å². The van der Waals surface area contributed by atoms with Gasteiger partial charge < -0.3 is 9.26 Å². The second-order valence-electron chi connectivity index (χ2n) is 7.60. The quantitative estimate of drug-likeness (QED) is 0.561. The molecule has 4 unspecified atom stereocenters. The van der Waals surface area contributed by atoms with Crippen molar-refractivity contribution in [2.75, 3.05) is 31.1 Å². The molecule has 5 heteroatoms. The van der Waals surface area contributed by atoms with Crippen LogP contribution in [-0.2, 0) is 9.53 Å². The summed E-state index contributed by atoms with van der Waals surface area (Å²) in [5.74, 6) is 2.49. The normalized spacial score (nSPS) is 26.2. The summed E-state index contributed by atoms with van der Waals surface area (Å²) in [4.78, 5) is 12.6. The van der Waals surface area contributed by atoms with Crippen molar-refractivity contribution >= 4 is 31.0 Å². The summed E-state index contributed by atoms with van der Waals surface area (Å²) in [6.45, 7) is 0.559. The molecular weight excluding hydrogens is 339 g/mol. The number of hydrogen-bond donors (Lipinski definition) is 0. The Morgan fingerprint density at radius 2 is 1.92 bits per heavy atom. The second-order valence-corrected chi connectivity index (χ2v) is 12.4. The maximum Gasteiger partial charge on any atom is 0.310 e. The lowest BCUT2D eigenvalue weighted by Crippen LogP contribution is -2.24. The number of hydrogen-bond acceptors (Lipinski definition) is 3. The standard InChI is InChI=1S/C19H27O3PS/c1-24(2,3)11-10-21-19(20)18-14-6-9-16(18)17(12-14)13-4-7-15(22-23)8-5-13/h4-5,7-8,12,14,16,18H,6,9-11,23H2,1-3H3. The summed E-state index contributed by atoms with van der Waals surface area (Å²) >= 11 is 0. The number of carbonyl (C=O) groups is 1. The summed E-state index contributed by atoms with van der Waals surface area (Å²) < 4.78 is 10.8. The Morgan fingerprint density at radius 3 is 2.54 bits per heavy atom. The molecule has 2 aliphatic rings. The molecule has 1 saturated carbocycles. The maximum absolute atomic E-state index is 12.6. The fourth-order valence-electron chi connectivity index (χ4n) is 3.78. The Kier molecular flexibility index (Phi) is 5.27. The van der Waals surface area contributed by atoms with Gasteiger partial charge in [-0.25, -0.2) is 10.0 Å². The van der Waals surface area contributed by atoms with Gasteiger partial charge in [-0.1, -0.05) is 18.2 Å². The number of rotatable bonds is 6. The largest absolute Gasteiger partial charge is 0.480 e. The van der Waals surface area contributed by atoms with Crippen molar-refractivity contribution in [3.05, 3.63) is 35.9 Å². The van der Waals surface area contributed by atoms with E-state index in [2.05, 4.69) is 46.4 Å². The molecule has 1 aromatic rings. The van der Waals surface area contributed by atoms with E-state index in [1.165, 1.54) is 11.1 Å². The maximum atomic E-state index is 12.6. The first-order valence-electron chi connectivity index (χ1n) is 8.40. The third-order valence-corrected chi connectivity index (χ3v) is 6.70. The lowest BCUT2D eigenvalue weighted by atomic mass is 9.89. The molecule has 0 N–H and O–H groups in total. The lowest BCUT2D eigenvalue weighted by molar-refractivity contribution is -0.149. The highest BCUT2D eigenvalue weighted by Gasteiger charge is 2.47. The van der Waals surface area contributed by atoms with Crippen molar-refractivity contribution in [1.82, 2.24) is 0 Å². The van der Waals surface area contributed by atoms with Crippen molar-refractivity contribution in [2.24, 2.45) is 17.8 Å². The number of esters is 1. The number of allylic oxidation sites excluding steroid dienone is 2. The van der Waals surface area contributed by atoms with Crippen LogP contribution in [0.15, 0.2) is 30.3 Å². The molecule has 2 aliphatic carbocycles. The van der Waals surface area contributed by atoms with Gasteiger partial charge in [0, 0.05) is 5.75 Å². The van der Waals surface area contributed by atoms with Crippen molar-refractivity contribution in [3.8, 4) is 5.75 Å². The topological polar surface area (TPSA) is 35.5 Å². The predicted octanol–water partition coefficient (Wildman–Crippen LogP) is 4.13. The zero-order chi connectivity index (χ0) is 17.3. The van der Waals surface area contributed by atoms with Crippen LogP contribution in [0.3, 0.4) is 0 Å². The summed E-state index contributed by atoms with van der Waals surface area (Å²) in [5, 5.41) is 0. The van der Waals surface area contributed by atoms with Gasteiger partial charge in [-0.2, -0.15) is 0 Å². The fourth-order valence-corrected chi connectivity index (χ4v) is 4.52. The SMILES string of the molecule is CS(C)(C)CCOC(=O)C1C2C=C(c3ccc(OP)cc3)C1CC2. The highest BCUT2D eigenvalue weighted by molar-refractivity contribution is 8.32. The lowest BCUT2D eigenvalue weighted by Gasteiger charge is -2.25. The van der Waals surface area contributed by atoms with Gasteiger partial charge >= 0.3 is 5.97 Å². The van der Waals surface area contributed by atoms with E-state index < -0.39 is 10.0 Å². The van der Waals surface area contributed by atoms with Gasteiger partial charge in [-0.15, -0.1) is 0 Å². The minimum Gasteiger partial charge on any atom is -0.480 e. The van der Waals surface area contributed by atoms with Gasteiger partial charge in [0.1, 0.15) is 5.75 Å². The molecule has 2 bridgehead atoms. The van der Waals surface area contributed by atoms with Crippen LogP contribution in [0, 0.1) is 17.8 Å². The summed E-state index contributed by atoms with van der Waals surface area (Å²) in [6.07, 6.45) is 11.2. The van der Waals surface area contributed by atoms with Crippen LogP contribution in [0.4, 0.5) is 0 Å². The Labute approximate surface area is 148 Å². The first-order valence-corrected chi connectivity index (χ1v) is 11.9. The van der Waals surface area contributed by atoms with Crippen LogP contribution in [0.2, 0.25) is 0 Å². The highest BCUT2D eigenvalue weighted by atomic mass is 32.3. The minimum atomic E-state index is -0.619. The average Bonchev–Trinajstić information content (AvgIpc) is 3.11. The van der Waals surface area contributed by atoms with Crippen molar-refractivity contribution < 1.29 is 14.1 Å². The molecule has 4 atom stereocenters. The molecule has 0 spiro atoms. The zero-order valence-electron chi connectivity index (χ0n) is 14.7. The summed E-state index contributed by atoms with van der Waals surface area (Å²) in [7, 11) is 1.64. The Balaban J connectivity index is 1.65. The Morgan fingerprint density at radius 1 is 1.21 bits per heavy atom. The van der Waals surface area contributed by atoms with Gasteiger partial charge in [0.25, 0.3) is 0 Å². The van der Waals surface area contributed by atoms with Gasteiger partial charge in [0.2, 0.25) is 0 Å². The van der Waals surface area contributed by atoms with Crippen LogP contribution in [-0.4, -0.2) is 37.1 Å². The van der Waals surface area contributed by atoms with Gasteiger partial charge in [0.15, 0.2) is 0 Å². The van der Waals surface area contributed by atoms with Crippen LogP contribution in [0.1, 0.15) is 18.4 Å². The van der Waals surface area contributed by atoms with Crippen molar-refractivity contribution in [1.29, 1.82) is 0 Å².